The highest BCUT2D eigenvalue weighted by atomic mass is 16.5. The summed E-state index contributed by atoms with van der Waals surface area (Å²) in [6.07, 6.45) is 3.93. The Morgan fingerprint density at radius 1 is 1.12 bits per heavy atom. The molecular formula is C21H26N2O. The van der Waals surface area contributed by atoms with Crippen LogP contribution in [-0.4, -0.2) is 13.7 Å². The highest BCUT2D eigenvalue weighted by Gasteiger charge is 2.04. The van der Waals surface area contributed by atoms with E-state index in [1.165, 1.54) is 16.7 Å². The van der Waals surface area contributed by atoms with Gasteiger partial charge in [-0.25, -0.2) is 0 Å². The zero-order valence-electron chi connectivity index (χ0n) is 14.6. The Balaban J connectivity index is 1.96. The van der Waals surface area contributed by atoms with E-state index in [0.29, 0.717) is 0 Å². The van der Waals surface area contributed by atoms with Gasteiger partial charge in [0.25, 0.3) is 0 Å². The molecule has 2 rings (SSSR count). The number of methoxy groups -OCH3 is 1. The van der Waals surface area contributed by atoms with Crippen LogP contribution in [0.2, 0.25) is 0 Å². The van der Waals surface area contributed by atoms with E-state index in [1.807, 2.05) is 24.3 Å². The van der Waals surface area contributed by atoms with Crippen LogP contribution in [0.25, 0.3) is 0 Å². The molecule has 3 heteroatoms. The lowest BCUT2D eigenvalue weighted by molar-refractivity contribution is 0.193. The summed E-state index contributed by atoms with van der Waals surface area (Å²) in [5.41, 5.74) is 11.5. The minimum atomic E-state index is 0.726. The molecule has 2 aromatic carbocycles. The first-order valence-electron chi connectivity index (χ1n) is 8.36. The minimum Gasteiger partial charge on any atom is -0.397 e. The van der Waals surface area contributed by atoms with Gasteiger partial charge in [0, 0.05) is 26.2 Å². The lowest BCUT2D eigenvalue weighted by Crippen LogP contribution is -2.00. The maximum Gasteiger partial charge on any atom is 0.0692 e. The number of rotatable bonds is 7. The SMILES string of the molecule is COCCCCc1cc(NC#CCc2ccccc2)c(N)cc1C. The predicted molar refractivity (Wildman–Crippen MR) is 102 cm³/mol. The first-order valence-corrected chi connectivity index (χ1v) is 8.36. The zero-order chi connectivity index (χ0) is 17.2. The summed E-state index contributed by atoms with van der Waals surface area (Å²) in [4.78, 5) is 0. The molecule has 2 aromatic rings. The standard InChI is InChI=1S/C21H26N2O/c1-17-15-20(22)21(16-19(17)12-6-7-14-24-2)23-13-8-11-18-9-4-3-5-10-18/h3-5,9-10,15-16,23H,6-7,11-12,14,22H2,1-2H3. The van der Waals surface area contributed by atoms with Gasteiger partial charge < -0.3 is 15.8 Å². The Morgan fingerprint density at radius 2 is 1.92 bits per heavy atom. The third-order valence-corrected chi connectivity index (χ3v) is 3.97. The van der Waals surface area contributed by atoms with Gasteiger partial charge in [0.05, 0.1) is 11.4 Å². The van der Waals surface area contributed by atoms with Crippen molar-refractivity contribution in [2.45, 2.75) is 32.6 Å². The molecule has 3 nitrogen and oxygen atoms in total. The molecule has 0 atom stereocenters. The molecule has 0 spiro atoms. The van der Waals surface area contributed by atoms with E-state index in [9.17, 15) is 0 Å². The maximum atomic E-state index is 6.11. The Bertz CT molecular complexity index is 699. The number of aryl methyl sites for hydroxylation is 2. The monoisotopic (exact) mass is 322 g/mol. The van der Waals surface area contributed by atoms with Crippen molar-refractivity contribution >= 4 is 11.4 Å². The van der Waals surface area contributed by atoms with Crippen LogP contribution in [-0.2, 0) is 17.6 Å². The summed E-state index contributed by atoms with van der Waals surface area (Å²) < 4.78 is 5.10. The fourth-order valence-corrected chi connectivity index (χ4v) is 2.57. The molecule has 0 saturated carbocycles. The summed E-state index contributed by atoms with van der Waals surface area (Å²) in [5, 5.41) is 3.14. The van der Waals surface area contributed by atoms with E-state index in [-0.39, 0.29) is 0 Å². The molecule has 0 unspecified atom stereocenters. The smallest absolute Gasteiger partial charge is 0.0692 e. The number of hydrogen-bond acceptors (Lipinski definition) is 3. The first-order chi connectivity index (χ1) is 11.7. The maximum absolute atomic E-state index is 6.11. The van der Waals surface area contributed by atoms with Crippen molar-refractivity contribution in [1.82, 2.24) is 0 Å². The number of nitrogens with one attached hydrogen (secondary N) is 1. The molecule has 0 aliphatic heterocycles. The van der Waals surface area contributed by atoms with E-state index in [0.717, 1.165) is 43.7 Å². The lowest BCUT2D eigenvalue weighted by atomic mass is 10.0. The molecule has 0 bridgehead atoms. The van der Waals surface area contributed by atoms with Crippen LogP contribution < -0.4 is 11.1 Å². The van der Waals surface area contributed by atoms with E-state index in [2.05, 4.69) is 42.4 Å². The second-order valence-corrected chi connectivity index (χ2v) is 5.91. The summed E-state index contributed by atoms with van der Waals surface area (Å²) >= 11 is 0. The van der Waals surface area contributed by atoms with Gasteiger partial charge in [-0.2, -0.15) is 0 Å². The number of nitrogens with two attached hydrogens (primary N) is 1. The summed E-state index contributed by atoms with van der Waals surface area (Å²) in [7, 11) is 1.74. The first kappa shape index (κ1) is 17.9. The molecule has 0 aliphatic rings. The fourth-order valence-electron chi connectivity index (χ4n) is 2.57. The van der Waals surface area contributed by atoms with Crippen LogP contribution in [0.15, 0.2) is 42.5 Å². The van der Waals surface area contributed by atoms with Gasteiger partial charge in [-0.05, 0) is 55.0 Å². The molecule has 0 radical (unpaired) electrons. The number of anilines is 2. The Hall–Kier alpha value is -2.44. The lowest BCUT2D eigenvalue weighted by Gasteiger charge is -2.11. The second kappa shape index (κ2) is 9.64. The molecule has 0 amide bonds. The van der Waals surface area contributed by atoms with Crippen LogP contribution in [0, 0.1) is 18.9 Å². The van der Waals surface area contributed by atoms with Gasteiger partial charge in [-0.3, -0.25) is 0 Å². The molecule has 0 saturated heterocycles. The number of hydrogen-bond donors (Lipinski definition) is 2. The largest absolute Gasteiger partial charge is 0.397 e. The molecule has 0 heterocycles. The van der Waals surface area contributed by atoms with Crippen molar-refractivity contribution in [1.29, 1.82) is 0 Å². The van der Waals surface area contributed by atoms with Gasteiger partial charge >= 0.3 is 0 Å². The van der Waals surface area contributed by atoms with Gasteiger partial charge in [0.2, 0.25) is 0 Å². The molecule has 3 N–H and O–H groups in total. The van der Waals surface area contributed by atoms with Crippen LogP contribution >= 0.6 is 0 Å². The molecular weight excluding hydrogens is 296 g/mol. The quantitative estimate of drug-likeness (QED) is 0.348. The molecule has 0 aliphatic carbocycles. The summed E-state index contributed by atoms with van der Waals surface area (Å²) in [6.45, 7) is 2.91. The number of benzene rings is 2. The van der Waals surface area contributed by atoms with Crippen molar-refractivity contribution in [2.75, 3.05) is 24.8 Å². The average molecular weight is 322 g/mol. The predicted octanol–water partition coefficient (Wildman–Crippen LogP) is 4.16. The summed E-state index contributed by atoms with van der Waals surface area (Å²) in [5.74, 6) is 3.14. The van der Waals surface area contributed by atoms with E-state index in [1.54, 1.807) is 7.11 Å². The normalized spacial score (nSPS) is 10.1. The molecule has 24 heavy (non-hydrogen) atoms. The fraction of sp³-hybridized carbons (Fsp3) is 0.333. The molecule has 0 aromatic heterocycles. The van der Waals surface area contributed by atoms with Crippen molar-refractivity contribution in [3.63, 3.8) is 0 Å². The minimum absolute atomic E-state index is 0.726. The van der Waals surface area contributed by atoms with Crippen molar-refractivity contribution in [3.8, 4) is 12.0 Å². The van der Waals surface area contributed by atoms with Gasteiger partial charge in [-0.15, -0.1) is 0 Å². The topological polar surface area (TPSA) is 47.3 Å². The Kier molecular flexibility index (Phi) is 7.20. The van der Waals surface area contributed by atoms with Crippen molar-refractivity contribution in [2.24, 2.45) is 0 Å². The van der Waals surface area contributed by atoms with Crippen molar-refractivity contribution in [3.05, 3.63) is 59.2 Å². The van der Waals surface area contributed by atoms with Crippen LogP contribution in [0.5, 0.6) is 0 Å². The number of unbranched alkanes of at least 4 members (excludes halogenated alkanes) is 1. The van der Waals surface area contributed by atoms with Crippen LogP contribution in [0.4, 0.5) is 11.4 Å². The van der Waals surface area contributed by atoms with Gasteiger partial charge in [-0.1, -0.05) is 36.3 Å². The molecule has 0 fully saturated rings. The third kappa shape index (κ3) is 5.64. The second-order valence-electron chi connectivity index (χ2n) is 5.91. The Morgan fingerprint density at radius 3 is 2.67 bits per heavy atom. The van der Waals surface area contributed by atoms with Crippen LogP contribution in [0.3, 0.4) is 0 Å². The zero-order valence-corrected chi connectivity index (χ0v) is 14.6. The van der Waals surface area contributed by atoms with E-state index in [4.69, 9.17) is 10.5 Å². The highest BCUT2D eigenvalue weighted by molar-refractivity contribution is 5.70. The molecule has 126 valence electrons. The Labute approximate surface area is 145 Å². The van der Waals surface area contributed by atoms with Crippen molar-refractivity contribution < 1.29 is 4.74 Å². The van der Waals surface area contributed by atoms with Gasteiger partial charge in [0.15, 0.2) is 0 Å². The summed E-state index contributed by atoms with van der Waals surface area (Å²) in [6, 6.07) is 17.4. The number of nitrogen functional groups attached to an aromatic ring is 1. The van der Waals surface area contributed by atoms with Crippen LogP contribution in [0.1, 0.15) is 29.5 Å². The van der Waals surface area contributed by atoms with E-state index < -0.39 is 0 Å². The third-order valence-electron chi connectivity index (χ3n) is 3.97. The highest BCUT2D eigenvalue weighted by Crippen LogP contribution is 2.24. The average Bonchev–Trinajstić information content (AvgIpc) is 2.59. The number of ether oxygens (including phenoxy) is 1. The van der Waals surface area contributed by atoms with Gasteiger partial charge in [0.1, 0.15) is 0 Å². The van der Waals surface area contributed by atoms with E-state index >= 15 is 0 Å².